The average molecular weight is 369 g/mol. The number of hydrogen-bond acceptors (Lipinski definition) is 4. The predicted molar refractivity (Wildman–Crippen MR) is 105 cm³/mol. The number of amides is 1. The zero-order chi connectivity index (χ0) is 18.0. The first kappa shape index (κ1) is 17.4. The predicted octanol–water partition coefficient (Wildman–Crippen LogP) is 3.78. The molecule has 1 heterocycles. The van der Waals surface area contributed by atoms with Crippen LogP contribution in [0, 0.1) is 0 Å². The number of carbonyl (C=O) groups excluding carboxylic acids is 1. The molecule has 4 nitrogen and oxygen atoms in total. The maximum atomic E-state index is 12.2. The molecule has 1 aliphatic heterocycles. The van der Waals surface area contributed by atoms with Crippen molar-refractivity contribution in [1.29, 1.82) is 0 Å². The fourth-order valence-corrected chi connectivity index (χ4v) is 5.07. The molecule has 26 heavy (non-hydrogen) atoms. The lowest BCUT2D eigenvalue weighted by Gasteiger charge is -2.31. The van der Waals surface area contributed by atoms with Crippen molar-refractivity contribution < 1.29 is 14.6 Å². The number of hydrogen-bond donors (Lipinski definition) is 2. The Bertz CT molecular complexity index is 756. The summed E-state index contributed by atoms with van der Waals surface area (Å²) in [5, 5.41) is 13.2. The van der Waals surface area contributed by atoms with Gasteiger partial charge in [-0.15, -0.1) is 0 Å². The molecule has 2 aromatic rings. The Morgan fingerprint density at radius 3 is 2.27 bits per heavy atom. The highest BCUT2D eigenvalue weighted by molar-refractivity contribution is 7.99. The second-order valence-electron chi connectivity index (χ2n) is 7.02. The van der Waals surface area contributed by atoms with Crippen LogP contribution in [0.2, 0.25) is 0 Å². The molecule has 0 atom stereocenters. The summed E-state index contributed by atoms with van der Waals surface area (Å²) in [5.74, 6) is 1.92. The Morgan fingerprint density at radius 2 is 1.65 bits per heavy atom. The Morgan fingerprint density at radius 1 is 1.08 bits per heavy atom. The number of nitrogens with one attached hydrogen (secondary N) is 1. The third-order valence-electron chi connectivity index (χ3n) is 5.33. The van der Waals surface area contributed by atoms with E-state index in [1.807, 2.05) is 36.0 Å². The molecule has 0 aromatic heterocycles. The van der Waals surface area contributed by atoms with E-state index in [-0.39, 0.29) is 12.5 Å². The summed E-state index contributed by atoms with van der Waals surface area (Å²) in [7, 11) is 0. The van der Waals surface area contributed by atoms with Gasteiger partial charge in [-0.25, -0.2) is 4.79 Å². The Hall–Kier alpha value is -1.98. The second-order valence-corrected chi connectivity index (χ2v) is 8.24. The van der Waals surface area contributed by atoms with Crippen molar-refractivity contribution in [3.05, 3.63) is 59.7 Å². The Labute approximate surface area is 158 Å². The Balaban J connectivity index is 1.39. The van der Waals surface area contributed by atoms with Crippen molar-refractivity contribution in [3.8, 4) is 11.1 Å². The molecule has 1 saturated heterocycles. The van der Waals surface area contributed by atoms with Gasteiger partial charge in [-0.1, -0.05) is 48.5 Å². The normalized spacial score (nSPS) is 18.0. The number of fused-ring (bicyclic) bond motifs is 3. The minimum Gasteiger partial charge on any atom is -0.449 e. The topological polar surface area (TPSA) is 58.6 Å². The van der Waals surface area contributed by atoms with Gasteiger partial charge in [0.1, 0.15) is 6.61 Å². The van der Waals surface area contributed by atoms with Crippen LogP contribution < -0.4 is 5.32 Å². The molecule has 136 valence electrons. The summed E-state index contributed by atoms with van der Waals surface area (Å²) in [4.78, 5) is 12.2. The van der Waals surface area contributed by atoms with Gasteiger partial charge in [0, 0.05) is 12.5 Å². The van der Waals surface area contributed by atoms with Gasteiger partial charge < -0.3 is 15.2 Å². The second kappa shape index (κ2) is 7.33. The van der Waals surface area contributed by atoms with E-state index in [9.17, 15) is 9.90 Å². The van der Waals surface area contributed by atoms with Crippen LogP contribution in [0.15, 0.2) is 48.5 Å². The summed E-state index contributed by atoms with van der Waals surface area (Å²) in [6.45, 7) is 0.554. The van der Waals surface area contributed by atoms with Gasteiger partial charge in [0.25, 0.3) is 0 Å². The van der Waals surface area contributed by atoms with E-state index in [4.69, 9.17) is 4.74 Å². The smallest absolute Gasteiger partial charge is 0.407 e. The summed E-state index contributed by atoms with van der Waals surface area (Å²) in [5.41, 5.74) is 4.03. The molecule has 1 amide bonds. The van der Waals surface area contributed by atoms with Crippen LogP contribution in [0.3, 0.4) is 0 Å². The molecule has 0 spiro atoms. The number of benzene rings is 2. The summed E-state index contributed by atoms with van der Waals surface area (Å²) >= 11 is 1.84. The van der Waals surface area contributed by atoms with Crippen molar-refractivity contribution >= 4 is 17.9 Å². The van der Waals surface area contributed by atoms with Crippen LogP contribution in [-0.4, -0.2) is 41.5 Å². The third kappa shape index (κ3) is 3.46. The van der Waals surface area contributed by atoms with Crippen LogP contribution in [0.5, 0.6) is 0 Å². The first-order valence-electron chi connectivity index (χ1n) is 9.05. The molecule has 2 N–H and O–H groups in total. The quantitative estimate of drug-likeness (QED) is 0.861. The molecule has 2 aromatic carbocycles. The van der Waals surface area contributed by atoms with Crippen molar-refractivity contribution in [3.63, 3.8) is 0 Å². The number of thioether (sulfide) groups is 1. The van der Waals surface area contributed by atoms with Crippen LogP contribution in [0.25, 0.3) is 11.1 Å². The minimum absolute atomic E-state index is 0.0577. The van der Waals surface area contributed by atoms with Gasteiger partial charge in [0.05, 0.1) is 5.60 Å². The molecule has 1 aliphatic carbocycles. The van der Waals surface area contributed by atoms with Crippen molar-refractivity contribution in [2.24, 2.45) is 0 Å². The maximum Gasteiger partial charge on any atom is 0.407 e. The molecule has 0 bridgehead atoms. The standard InChI is InChI=1S/C21H23NO3S/c23-20(22-14-21(24)9-11-26-12-10-21)25-13-19-17-7-3-1-5-15(17)16-6-2-4-8-18(16)19/h1-8,19,24H,9-14H2,(H,22,23). The third-order valence-corrected chi connectivity index (χ3v) is 6.31. The first-order chi connectivity index (χ1) is 12.7. The molecule has 2 aliphatic rings. The molecule has 4 rings (SSSR count). The average Bonchev–Trinajstić information content (AvgIpc) is 2.99. The molecular weight excluding hydrogens is 346 g/mol. The summed E-state index contributed by atoms with van der Waals surface area (Å²) < 4.78 is 5.51. The zero-order valence-corrected chi connectivity index (χ0v) is 15.4. The lowest BCUT2D eigenvalue weighted by molar-refractivity contribution is 0.0305. The van der Waals surface area contributed by atoms with Gasteiger partial charge in [0.2, 0.25) is 0 Å². The van der Waals surface area contributed by atoms with Gasteiger partial charge >= 0.3 is 6.09 Å². The number of alkyl carbamates (subject to hydrolysis) is 1. The zero-order valence-electron chi connectivity index (χ0n) is 14.6. The van der Waals surface area contributed by atoms with Gasteiger partial charge in [0.15, 0.2) is 0 Å². The monoisotopic (exact) mass is 369 g/mol. The molecule has 0 radical (unpaired) electrons. The largest absolute Gasteiger partial charge is 0.449 e. The van der Waals surface area contributed by atoms with E-state index in [1.54, 1.807) is 0 Å². The number of carbonyl (C=O) groups is 1. The van der Waals surface area contributed by atoms with Crippen LogP contribution in [0.4, 0.5) is 4.79 Å². The highest BCUT2D eigenvalue weighted by atomic mass is 32.2. The number of aliphatic hydroxyl groups is 1. The number of ether oxygens (including phenoxy) is 1. The lowest BCUT2D eigenvalue weighted by atomic mass is 9.97. The van der Waals surface area contributed by atoms with Gasteiger partial charge in [-0.3, -0.25) is 0 Å². The fraction of sp³-hybridized carbons (Fsp3) is 0.381. The van der Waals surface area contributed by atoms with Crippen LogP contribution in [0.1, 0.15) is 29.9 Å². The van der Waals surface area contributed by atoms with Crippen LogP contribution >= 0.6 is 11.8 Å². The Kier molecular flexibility index (Phi) is 4.92. The minimum atomic E-state index is -0.795. The van der Waals surface area contributed by atoms with Crippen molar-refractivity contribution in [2.45, 2.75) is 24.4 Å². The van der Waals surface area contributed by atoms with E-state index in [0.717, 1.165) is 11.5 Å². The summed E-state index contributed by atoms with van der Waals surface area (Å²) in [6, 6.07) is 16.6. The van der Waals surface area contributed by atoms with Crippen molar-refractivity contribution in [2.75, 3.05) is 24.7 Å². The van der Waals surface area contributed by atoms with E-state index in [1.165, 1.54) is 22.3 Å². The van der Waals surface area contributed by atoms with E-state index < -0.39 is 11.7 Å². The maximum absolute atomic E-state index is 12.2. The van der Waals surface area contributed by atoms with E-state index in [2.05, 4.69) is 29.6 Å². The van der Waals surface area contributed by atoms with Gasteiger partial charge in [-0.05, 0) is 46.6 Å². The molecule has 5 heteroatoms. The van der Waals surface area contributed by atoms with Crippen molar-refractivity contribution in [1.82, 2.24) is 5.32 Å². The van der Waals surface area contributed by atoms with Gasteiger partial charge in [-0.2, -0.15) is 11.8 Å². The SMILES string of the molecule is O=C(NCC1(O)CCSCC1)OCC1c2ccccc2-c2ccccc21. The first-order valence-corrected chi connectivity index (χ1v) is 10.2. The highest BCUT2D eigenvalue weighted by Crippen LogP contribution is 2.44. The molecule has 0 unspecified atom stereocenters. The summed E-state index contributed by atoms with van der Waals surface area (Å²) in [6.07, 6.45) is 0.960. The molecule has 0 saturated carbocycles. The highest BCUT2D eigenvalue weighted by Gasteiger charge is 2.31. The van der Waals surface area contributed by atoms with E-state index >= 15 is 0 Å². The van der Waals surface area contributed by atoms with E-state index in [0.29, 0.717) is 19.4 Å². The lowest BCUT2D eigenvalue weighted by Crippen LogP contribution is -2.45. The molecule has 1 fully saturated rings. The fourth-order valence-electron chi connectivity index (χ4n) is 3.81. The molecular formula is C21H23NO3S. The number of rotatable bonds is 4. The van der Waals surface area contributed by atoms with Crippen LogP contribution in [-0.2, 0) is 4.74 Å².